The van der Waals surface area contributed by atoms with Crippen molar-refractivity contribution in [3.63, 3.8) is 0 Å². The van der Waals surface area contributed by atoms with E-state index in [0.29, 0.717) is 6.61 Å². The molecule has 1 unspecified atom stereocenters. The smallest absolute Gasteiger partial charge is 0.182 e. The van der Waals surface area contributed by atoms with Crippen LogP contribution in [0.25, 0.3) is 0 Å². The molecule has 1 heterocycles. The molecule has 1 aliphatic heterocycles. The van der Waals surface area contributed by atoms with Crippen molar-refractivity contribution in [2.45, 2.75) is 45.6 Å². The minimum absolute atomic E-state index is 0.227. The largest absolute Gasteiger partial charge is 0.494 e. The van der Waals surface area contributed by atoms with Gasteiger partial charge in [0.1, 0.15) is 5.75 Å². The number of nitrogens with zero attached hydrogens (tertiary/aromatic N) is 1. The Labute approximate surface area is 121 Å². The van der Waals surface area contributed by atoms with E-state index in [1.54, 1.807) is 0 Å². The molecule has 2 rings (SSSR count). The van der Waals surface area contributed by atoms with Crippen molar-refractivity contribution in [1.82, 2.24) is 4.90 Å². The molecule has 1 fully saturated rings. The predicted molar refractivity (Wildman–Crippen MR) is 81.4 cm³/mol. The zero-order valence-corrected chi connectivity index (χ0v) is 12.8. The summed E-state index contributed by atoms with van der Waals surface area (Å²) in [4.78, 5) is 15.2. The van der Waals surface area contributed by atoms with E-state index in [1.165, 1.54) is 12.8 Å². The number of likely N-dealkylation sites (tertiary alicyclic amines) is 1. The molecule has 3 heteroatoms. The highest BCUT2D eigenvalue weighted by molar-refractivity contribution is 6.03. The Morgan fingerprint density at radius 3 is 2.30 bits per heavy atom. The number of ketones is 1. The minimum atomic E-state index is -0.371. The van der Waals surface area contributed by atoms with Gasteiger partial charge in [-0.15, -0.1) is 0 Å². The van der Waals surface area contributed by atoms with Gasteiger partial charge in [0, 0.05) is 5.56 Å². The lowest BCUT2D eigenvalue weighted by Crippen LogP contribution is -2.50. The summed E-state index contributed by atoms with van der Waals surface area (Å²) in [6.45, 7) is 8.86. The molecule has 0 aliphatic carbocycles. The van der Waals surface area contributed by atoms with E-state index in [-0.39, 0.29) is 11.3 Å². The highest BCUT2D eigenvalue weighted by atomic mass is 16.5. The monoisotopic (exact) mass is 275 g/mol. The van der Waals surface area contributed by atoms with Crippen LogP contribution in [-0.4, -0.2) is 35.9 Å². The van der Waals surface area contributed by atoms with Crippen molar-refractivity contribution in [2.24, 2.45) is 0 Å². The summed E-state index contributed by atoms with van der Waals surface area (Å²) >= 11 is 0. The normalized spacial score (nSPS) is 18.8. The molecule has 1 aliphatic rings. The van der Waals surface area contributed by atoms with Crippen LogP contribution in [0.5, 0.6) is 5.75 Å². The van der Waals surface area contributed by atoms with E-state index >= 15 is 0 Å². The number of carbonyl (C=O) groups excluding carboxylic acids is 1. The number of carbonyl (C=O) groups is 1. The first-order valence-electron chi connectivity index (χ1n) is 7.64. The molecule has 3 nitrogen and oxygen atoms in total. The van der Waals surface area contributed by atoms with Crippen molar-refractivity contribution in [3.05, 3.63) is 29.8 Å². The summed E-state index contributed by atoms with van der Waals surface area (Å²) < 4.78 is 5.43. The van der Waals surface area contributed by atoms with Gasteiger partial charge in [-0.3, -0.25) is 9.69 Å². The molecule has 1 atom stereocenters. The maximum Gasteiger partial charge on any atom is 0.182 e. The van der Waals surface area contributed by atoms with Crippen molar-refractivity contribution in [1.29, 1.82) is 0 Å². The van der Waals surface area contributed by atoms with Crippen molar-refractivity contribution in [3.8, 4) is 5.75 Å². The molecule has 0 N–H and O–H groups in total. The van der Waals surface area contributed by atoms with E-state index in [2.05, 4.69) is 18.7 Å². The second kappa shape index (κ2) is 6.40. The Balaban J connectivity index is 2.19. The fourth-order valence-electron chi connectivity index (χ4n) is 2.92. The minimum Gasteiger partial charge on any atom is -0.494 e. The van der Waals surface area contributed by atoms with E-state index in [4.69, 9.17) is 4.74 Å². The molecular formula is C17H25NO2. The van der Waals surface area contributed by atoms with Crippen molar-refractivity contribution in [2.75, 3.05) is 19.7 Å². The van der Waals surface area contributed by atoms with Gasteiger partial charge >= 0.3 is 0 Å². The van der Waals surface area contributed by atoms with Crippen LogP contribution in [-0.2, 0) is 0 Å². The van der Waals surface area contributed by atoms with Crippen molar-refractivity contribution >= 4 is 5.78 Å². The fraction of sp³-hybridized carbons (Fsp3) is 0.588. The Bertz CT molecular complexity index is 449. The summed E-state index contributed by atoms with van der Waals surface area (Å²) in [7, 11) is 0. The molecule has 20 heavy (non-hydrogen) atoms. The molecule has 0 aromatic heterocycles. The standard InChI is InChI=1S/C17H25NO2/c1-4-17(3,18-12-6-7-13-18)16(19)14-8-10-15(11-9-14)20-5-2/h8-11H,4-7,12-13H2,1-3H3. The van der Waals surface area contributed by atoms with Gasteiger partial charge in [0.2, 0.25) is 0 Å². The van der Waals surface area contributed by atoms with E-state index < -0.39 is 0 Å². The summed E-state index contributed by atoms with van der Waals surface area (Å²) in [6.07, 6.45) is 3.25. The van der Waals surface area contributed by atoms with Crippen LogP contribution < -0.4 is 4.74 Å². The Morgan fingerprint density at radius 1 is 1.20 bits per heavy atom. The maximum atomic E-state index is 12.9. The zero-order chi connectivity index (χ0) is 14.6. The zero-order valence-electron chi connectivity index (χ0n) is 12.8. The van der Waals surface area contributed by atoms with Crippen LogP contribution in [0.1, 0.15) is 50.4 Å². The summed E-state index contributed by atoms with van der Waals surface area (Å²) in [5.74, 6) is 1.05. The SMILES string of the molecule is CCOc1ccc(C(=O)C(C)(CC)N2CCCC2)cc1. The number of Topliss-reactive ketones (excluding diaryl/α,β-unsaturated/α-hetero) is 1. The van der Waals surface area contributed by atoms with Crippen LogP contribution >= 0.6 is 0 Å². The molecular weight excluding hydrogens is 250 g/mol. The Kier molecular flexibility index (Phi) is 4.81. The molecule has 0 amide bonds. The van der Waals surface area contributed by atoms with Gasteiger partial charge in [-0.05, 0) is 70.5 Å². The lowest BCUT2D eigenvalue weighted by molar-refractivity contribution is 0.0647. The quantitative estimate of drug-likeness (QED) is 0.744. The maximum absolute atomic E-state index is 12.9. The van der Waals surface area contributed by atoms with E-state index in [0.717, 1.165) is 30.8 Å². The molecule has 0 spiro atoms. The van der Waals surface area contributed by atoms with Crippen LogP contribution in [0.15, 0.2) is 24.3 Å². The van der Waals surface area contributed by atoms with E-state index in [1.807, 2.05) is 31.2 Å². The Hall–Kier alpha value is -1.35. The first-order valence-corrected chi connectivity index (χ1v) is 7.64. The van der Waals surface area contributed by atoms with Crippen LogP contribution in [0, 0.1) is 0 Å². The number of rotatable bonds is 6. The summed E-state index contributed by atoms with van der Waals surface area (Å²) in [5, 5.41) is 0. The second-order valence-corrected chi connectivity index (χ2v) is 5.61. The Morgan fingerprint density at radius 2 is 1.80 bits per heavy atom. The number of benzene rings is 1. The number of hydrogen-bond donors (Lipinski definition) is 0. The first kappa shape index (κ1) is 15.0. The van der Waals surface area contributed by atoms with Crippen LogP contribution in [0.2, 0.25) is 0 Å². The third-order valence-electron chi connectivity index (χ3n) is 4.41. The molecule has 110 valence electrons. The molecule has 0 saturated carbocycles. The lowest BCUT2D eigenvalue weighted by atomic mass is 9.87. The molecule has 1 aromatic rings. The van der Waals surface area contributed by atoms with Gasteiger partial charge in [0.05, 0.1) is 12.1 Å². The van der Waals surface area contributed by atoms with Gasteiger partial charge in [-0.1, -0.05) is 6.92 Å². The lowest BCUT2D eigenvalue weighted by Gasteiger charge is -2.36. The number of hydrogen-bond acceptors (Lipinski definition) is 3. The van der Waals surface area contributed by atoms with Gasteiger partial charge in [-0.25, -0.2) is 0 Å². The summed E-state index contributed by atoms with van der Waals surface area (Å²) in [5.41, 5.74) is 0.411. The molecule has 0 bridgehead atoms. The molecule has 1 saturated heterocycles. The first-order chi connectivity index (χ1) is 9.61. The number of ether oxygens (including phenoxy) is 1. The third kappa shape index (κ3) is 2.88. The van der Waals surface area contributed by atoms with Gasteiger partial charge in [0.25, 0.3) is 0 Å². The fourth-order valence-corrected chi connectivity index (χ4v) is 2.92. The van der Waals surface area contributed by atoms with E-state index in [9.17, 15) is 4.79 Å². The van der Waals surface area contributed by atoms with Crippen LogP contribution in [0.3, 0.4) is 0 Å². The third-order valence-corrected chi connectivity index (χ3v) is 4.41. The summed E-state index contributed by atoms with van der Waals surface area (Å²) in [6, 6.07) is 7.54. The highest BCUT2D eigenvalue weighted by Crippen LogP contribution is 2.29. The van der Waals surface area contributed by atoms with Crippen LogP contribution in [0.4, 0.5) is 0 Å². The molecule has 1 aromatic carbocycles. The van der Waals surface area contributed by atoms with Gasteiger partial charge < -0.3 is 4.74 Å². The highest BCUT2D eigenvalue weighted by Gasteiger charge is 2.39. The van der Waals surface area contributed by atoms with Gasteiger partial charge in [0.15, 0.2) is 5.78 Å². The van der Waals surface area contributed by atoms with Gasteiger partial charge in [-0.2, -0.15) is 0 Å². The van der Waals surface area contributed by atoms with Crippen molar-refractivity contribution < 1.29 is 9.53 Å². The topological polar surface area (TPSA) is 29.5 Å². The average molecular weight is 275 g/mol. The molecule has 0 radical (unpaired) electrons. The predicted octanol–water partition coefficient (Wildman–Crippen LogP) is 3.53. The second-order valence-electron chi connectivity index (χ2n) is 5.61. The average Bonchev–Trinajstić information content (AvgIpc) is 3.01.